The van der Waals surface area contributed by atoms with E-state index >= 15 is 0 Å². The molecule has 1 N–H and O–H groups in total. The largest absolute Gasteiger partial charge is 0.373 e. The number of hydrogen-bond acceptors (Lipinski definition) is 3. The third-order valence-electron chi connectivity index (χ3n) is 3.04. The van der Waals surface area contributed by atoms with Gasteiger partial charge in [0.2, 0.25) is 0 Å². The summed E-state index contributed by atoms with van der Waals surface area (Å²) in [5, 5.41) is 14.2. The van der Waals surface area contributed by atoms with Gasteiger partial charge in [0.15, 0.2) is 0 Å². The highest BCUT2D eigenvalue weighted by molar-refractivity contribution is 5.62. The van der Waals surface area contributed by atoms with Gasteiger partial charge in [-0.25, -0.2) is 0 Å². The molecule has 2 aromatic carbocycles. The summed E-state index contributed by atoms with van der Waals surface area (Å²) in [6.45, 7) is 2.06. The van der Waals surface area contributed by atoms with E-state index in [1.807, 2.05) is 30.3 Å². The first-order valence-electron chi connectivity index (χ1n) is 6.27. The van der Waals surface area contributed by atoms with Crippen LogP contribution in [-0.4, -0.2) is 4.92 Å². The van der Waals surface area contributed by atoms with Gasteiger partial charge in [-0.15, -0.1) is 0 Å². The highest BCUT2D eigenvalue weighted by atomic mass is 16.6. The smallest absolute Gasteiger partial charge is 0.292 e. The van der Waals surface area contributed by atoms with Crippen molar-refractivity contribution >= 4 is 11.4 Å². The average molecular weight is 256 g/mol. The van der Waals surface area contributed by atoms with E-state index in [0.29, 0.717) is 5.69 Å². The topological polar surface area (TPSA) is 55.2 Å². The standard InChI is InChI=1S/C15H16N2O2/c1-2-13(12-8-4-3-5-9-12)16-14-10-6-7-11-15(14)17(18)19/h3-11,13,16H,2H2,1H3/t13-/m1/s1. The van der Waals surface area contributed by atoms with Crippen molar-refractivity contribution in [2.24, 2.45) is 0 Å². The molecule has 2 rings (SSSR count). The van der Waals surface area contributed by atoms with Crippen LogP contribution in [0.25, 0.3) is 0 Å². The van der Waals surface area contributed by atoms with Crippen molar-refractivity contribution in [3.63, 3.8) is 0 Å². The van der Waals surface area contributed by atoms with Crippen molar-refractivity contribution in [1.29, 1.82) is 0 Å². The number of benzene rings is 2. The predicted molar refractivity (Wildman–Crippen MR) is 76.2 cm³/mol. The molecule has 0 spiro atoms. The summed E-state index contributed by atoms with van der Waals surface area (Å²) < 4.78 is 0. The molecule has 4 heteroatoms. The summed E-state index contributed by atoms with van der Waals surface area (Å²) >= 11 is 0. The summed E-state index contributed by atoms with van der Waals surface area (Å²) in [6, 6.07) is 16.7. The number of rotatable bonds is 5. The number of nitrogens with zero attached hydrogens (tertiary/aromatic N) is 1. The second-order valence-electron chi connectivity index (χ2n) is 4.29. The normalized spacial score (nSPS) is 11.8. The van der Waals surface area contributed by atoms with Crippen molar-refractivity contribution < 1.29 is 4.92 Å². The van der Waals surface area contributed by atoms with Crippen LogP contribution in [0, 0.1) is 10.1 Å². The van der Waals surface area contributed by atoms with E-state index in [9.17, 15) is 10.1 Å². The average Bonchev–Trinajstić information content (AvgIpc) is 2.46. The summed E-state index contributed by atoms with van der Waals surface area (Å²) in [7, 11) is 0. The van der Waals surface area contributed by atoms with Gasteiger partial charge in [0, 0.05) is 6.07 Å². The molecule has 1 atom stereocenters. The van der Waals surface area contributed by atoms with Crippen molar-refractivity contribution in [3.8, 4) is 0 Å². The lowest BCUT2D eigenvalue weighted by molar-refractivity contribution is -0.384. The summed E-state index contributed by atoms with van der Waals surface area (Å²) in [5.74, 6) is 0. The Morgan fingerprint density at radius 2 is 1.74 bits per heavy atom. The Labute approximate surface area is 112 Å². The fraction of sp³-hybridized carbons (Fsp3) is 0.200. The van der Waals surface area contributed by atoms with E-state index in [-0.39, 0.29) is 16.7 Å². The summed E-state index contributed by atoms with van der Waals surface area (Å²) in [4.78, 5) is 10.6. The molecule has 98 valence electrons. The maximum absolute atomic E-state index is 11.0. The molecule has 0 saturated carbocycles. The predicted octanol–water partition coefficient (Wildman–Crippen LogP) is 4.16. The number of anilines is 1. The molecule has 0 radical (unpaired) electrons. The molecule has 0 aliphatic carbocycles. The van der Waals surface area contributed by atoms with Crippen molar-refractivity contribution in [1.82, 2.24) is 0 Å². The van der Waals surface area contributed by atoms with Gasteiger partial charge in [0.25, 0.3) is 5.69 Å². The molecule has 0 bridgehead atoms. The van der Waals surface area contributed by atoms with Gasteiger partial charge in [-0.1, -0.05) is 49.4 Å². The van der Waals surface area contributed by atoms with Gasteiger partial charge in [0.05, 0.1) is 11.0 Å². The molecule has 19 heavy (non-hydrogen) atoms. The minimum atomic E-state index is -0.361. The zero-order chi connectivity index (χ0) is 13.7. The number of nitro groups is 1. The molecule has 0 fully saturated rings. The van der Waals surface area contributed by atoms with Crippen LogP contribution in [0.3, 0.4) is 0 Å². The SMILES string of the molecule is CC[C@@H](Nc1ccccc1[N+](=O)[O-])c1ccccc1. The van der Waals surface area contributed by atoms with E-state index in [2.05, 4.69) is 12.2 Å². The first-order chi connectivity index (χ1) is 9.22. The fourth-order valence-electron chi connectivity index (χ4n) is 2.05. The van der Waals surface area contributed by atoms with Crippen molar-refractivity contribution in [2.45, 2.75) is 19.4 Å². The van der Waals surface area contributed by atoms with Gasteiger partial charge in [-0.2, -0.15) is 0 Å². The van der Waals surface area contributed by atoms with Gasteiger partial charge < -0.3 is 5.32 Å². The van der Waals surface area contributed by atoms with Crippen molar-refractivity contribution in [2.75, 3.05) is 5.32 Å². The highest BCUT2D eigenvalue weighted by Crippen LogP contribution is 2.29. The molecule has 4 nitrogen and oxygen atoms in total. The van der Waals surface area contributed by atoms with Crippen LogP contribution in [-0.2, 0) is 0 Å². The lowest BCUT2D eigenvalue weighted by atomic mass is 10.0. The van der Waals surface area contributed by atoms with E-state index in [0.717, 1.165) is 12.0 Å². The Bertz CT molecular complexity index is 555. The lowest BCUT2D eigenvalue weighted by Gasteiger charge is -2.18. The number of nitrogens with one attached hydrogen (secondary N) is 1. The molecular formula is C15H16N2O2. The zero-order valence-corrected chi connectivity index (χ0v) is 10.7. The Balaban J connectivity index is 2.27. The highest BCUT2D eigenvalue weighted by Gasteiger charge is 2.16. The quantitative estimate of drug-likeness (QED) is 0.645. The Kier molecular flexibility index (Phi) is 4.13. The monoisotopic (exact) mass is 256 g/mol. The zero-order valence-electron chi connectivity index (χ0n) is 10.7. The molecule has 0 aliphatic heterocycles. The second-order valence-corrected chi connectivity index (χ2v) is 4.29. The van der Waals surface area contributed by atoms with E-state index in [1.54, 1.807) is 18.2 Å². The molecule has 0 heterocycles. The van der Waals surface area contributed by atoms with Crippen LogP contribution >= 0.6 is 0 Å². The first-order valence-corrected chi connectivity index (χ1v) is 6.27. The lowest BCUT2D eigenvalue weighted by Crippen LogP contribution is -2.10. The Morgan fingerprint density at radius 3 is 2.37 bits per heavy atom. The summed E-state index contributed by atoms with van der Waals surface area (Å²) in [5.41, 5.74) is 1.79. The maximum Gasteiger partial charge on any atom is 0.292 e. The molecule has 0 saturated heterocycles. The van der Waals surface area contributed by atoms with Crippen LogP contribution in [0.5, 0.6) is 0 Å². The van der Waals surface area contributed by atoms with Gasteiger partial charge in [-0.05, 0) is 18.1 Å². The fourth-order valence-corrected chi connectivity index (χ4v) is 2.05. The van der Waals surface area contributed by atoms with Gasteiger partial charge >= 0.3 is 0 Å². The number of hydrogen-bond donors (Lipinski definition) is 1. The molecule has 2 aromatic rings. The first kappa shape index (κ1) is 13.1. The van der Waals surface area contributed by atoms with Gasteiger partial charge in [0.1, 0.15) is 5.69 Å². The second kappa shape index (κ2) is 6.00. The number of nitro benzene ring substituents is 1. The molecule has 0 aromatic heterocycles. The minimum Gasteiger partial charge on any atom is -0.373 e. The van der Waals surface area contributed by atoms with E-state index < -0.39 is 0 Å². The molecule has 0 amide bonds. The van der Waals surface area contributed by atoms with Crippen molar-refractivity contribution in [3.05, 3.63) is 70.3 Å². The van der Waals surface area contributed by atoms with Crippen LogP contribution in [0.4, 0.5) is 11.4 Å². The maximum atomic E-state index is 11.0. The van der Waals surface area contributed by atoms with Crippen LogP contribution < -0.4 is 5.32 Å². The van der Waals surface area contributed by atoms with Crippen LogP contribution in [0.1, 0.15) is 24.9 Å². The Hall–Kier alpha value is -2.36. The van der Waals surface area contributed by atoms with Gasteiger partial charge in [-0.3, -0.25) is 10.1 Å². The molecular weight excluding hydrogens is 240 g/mol. The van der Waals surface area contributed by atoms with Crippen LogP contribution in [0.2, 0.25) is 0 Å². The molecule has 0 aliphatic rings. The van der Waals surface area contributed by atoms with E-state index in [1.165, 1.54) is 6.07 Å². The molecule has 0 unspecified atom stereocenters. The minimum absolute atomic E-state index is 0.0716. The summed E-state index contributed by atoms with van der Waals surface area (Å²) in [6.07, 6.45) is 0.857. The number of para-hydroxylation sites is 2. The third-order valence-corrected chi connectivity index (χ3v) is 3.04. The van der Waals surface area contributed by atoms with Crippen LogP contribution in [0.15, 0.2) is 54.6 Å². The van der Waals surface area contributed by atoms with E-state index in [4.69, 9.17) is 0 Å². The third kappa shape index (κ3) is 3.10. The Morgan fingerprint density at radius 1 is 1.11 bits per heavy atom.